The fourth-order valence-corrected chi connectivity index (χ4v) is 2.40. The van der Waals surface area contributed by atoms with Crippen LogP contribution in [0, 0.1) is 11.8 Å². The highest BCUT2D eigenvalue weighted by atomic mass is 127. The molecule has 1 saturated carbocycles. The number of aliphatic imine (C=N–C) groups is 1. The first-order chi connectivity index (χ1) is 8.19. The van der Waals surface area contributed by atoms with Crippen molar-refractivity contribution < 1.29 is 0 Å². The molecular weight excluding hydrogens is 339 g/mol. The minimum atomic E-state index is 0. The van der Waals surface area contributed by atoms with Gasteiger partial charge in [-0.15, -0.1) is 24.0 Å². The summed E-state index contributed by atoms with van der Waals surface area (Å²) in [5.41, 5.74) is 0. The monoisotopic (exact) mass is 366 g/mol. The summed E-state index contributed by atoms with van der Waals surface area (Å²) in [4.78, 5) is 6.70. The topological polar surface area (TPSA) is 39.7 Å². The highest BCUT2D eigenvalue weighted by molar-refractivity contribution is 14.0. The Morgan fingerprint density at radius 1 is 1.33 bits per heavy atom. The molecule has 0 amide bonds. The van der Waals surface area contributed by atoms with Crippen molar-refractivity contribution in [1.29, 1.82) is 0 Å². The molecule has 5 heteroatoms. The Balaban J connectivity index is 0.00000162. The molecule has 0 aromatic heterocycles. The number of guanidine groups is 1. The molecule has 2 N–H and O–H groups in total. The van der Waals surface area contributed by atoms with Crippen LogP contribution in [0.4, 0.5) is 0 Å². The first-order valence-corrected chi connectivity index (χ1v) is 6.84. The zero-order valence-corrected chi connectivity index (χ0v) is 14.1. The van der Waals surface area contributed by atoms with Crippen LogP contribution in [0.25, 0.3) is 0 Å². The van der Waals surface area contributed by atoms with Gasteiger partial charge in [0.2, 0.25) is 0 Å². The number of piperidine rings is 1. The molecule has 1 heterocycles. The minimum absolute atomic E-state index is 0. The Labute approximate surface area is 128 Å². The third-order valence-electron chi connectivity index (χ3n) is 4.05. The van der Waals surface area contributed by atoms with Gasteiger partial charge in [0.15, 0.2) is 5.96 Å². The van der Waals surface area contributed by atoms with Gasteiger partial charge in [0, 0.05) is 19.6 Å². The molecule has 2 unspecified atom stereocenters. The van der Waals surface area contributed by atoms with E-state index in [4.69, 9.17) is 0 Å². The van der Waals surface area contributed by atoms with Crippen LogP contribution in [-0.4, -0.2) is 50.6 Å². The van der Waals surface area contributed by atoms with Crippen LogP contribution in [0.1, 0.15) is 26.2 Å². The van der Waals surface area contributed by atoms with E-state index in [1.807, 2.05) is 7.05 Å². The summed E-state index contributed by atoms with van der Waals surface area (Å²) in [6.45, 7) is 5.81. The normalized spacial score (nSPS) is 29.6. The molecule has 0 bridgehead atoms. The number of rotatable bonds is 3. The zero-order valence-electron chi connectivity index (χ0n) is 11.8. The summed E-state index contributed by atoms with van der Waals surface area (Å²) in [6, 6.07) is 0.652. The quantitative estimate of drug-likeness (QED) is 0.452. The summed E-state index contributed by atoms with van der Waals surface area (Å²) in [7, 11) is 4.07. The molecule has 2 fully saturated rings. The molecule has 0 aromatic rings. The second kappa shape index (κ2) is 7.53. The molecule has 4 nitrogen and oxygen atoms in total. The van der Waals surface area contributed by atoms with E-state index in [0.29, 0.717) is 6.04 Å². The van der Waals surface area contributed by atoms with E-state index in [1.165, 1.54) is 32.4 Å². The molecular formula is C13H27IN4. The maximum Gasteiger partial charge on any atom is 0.191 e. The van der Waals surface area contributed by atoms with Crippen molar-refractivity contribution in [3.63, 3.8) is 0 Å². The molecule has 0 radical (unpaired) electrons. The first-order valence-electron chi connectivity index (χ1n) is 6.84. The lowest BCUT2D eigenvalue weighted by molar-refractivity contribution is 0.220. The third-order valence-corrected chi connectivity index (χ3v) is 4.05. The first kappa shape index (κ1) is 16.0. The third kappa shape index (κ3) is 4.91. The molecule has 106 valence electrons. The predicted octanol–water partition coefficient (Wildman–Crippen LogP) is 1.52. The van der Waals surface area contributed by atoms with Crippen LogP contribution in [0.2, 0.25) is 0 Å². The van der Waals surface area contributed by atoms with Crippen molar-refractivity contribution in [2.24, 2.45) is 16.8 Å². The van der Waals surface area contributed by atoms with Gasteiger partial charge in [-0.1, -0.05) is 6.92 Å². The fourth-order valence-electron chi connectivity index (χ4n) is 2.40. The number of hydrogen-bond acceptors (Lipinski definition) is 2. The molecule has 2 rings (SSSR count). The van der Waals surface area contributed by atoms with Crippen molar-refractivity contribution in [1.82, 2.24) is 15.5 Å². The van der Waals surface area contributed by atoms with Crippen LogP contribution in [0.5, 0.6) is 0 Å². The largest absolute Gasteiger partial charge is 0.356 e. The molecule has 1 aliphatic carbocycles. The highest BCUT2D eigenvalue weighted by Gasteiger charge is 2.33. The number of halogens is 1. The molecule has 18 heavy (non-hydrogen) atoms. The molecule has 1 saturated heterocycles. The van der Waals surface area contributed by atoms with Gasteiger partial charge in [-0.3, -0.25) is 4.99 Å². The summed E-state index contributed by atoms with van der Waals surface area (Å²) >= 11 is 0. The predicted molar refractivity (Wildman–Crippen MR) is 87.7 cm³/mol. The zero-order chi connectivity index (χ0) is 12.3. The maximum atomic E-state index is 4.29. The van der Waals surface area contributed by atoms with Crippen LogP contribution in [0.15, 0.2) is 4.99 Å². The Bertz CT molecular complexity index is 274. The standard InChI is InChI=1S/C13H26N4.HI/c1-10-8-12(10)16-13(14-2)15-9-11-4-6-17(3)7-5-11;/h10-12H,4-9H2,1-3H3,(H2,14,15,16);1H. The number of nitrogens with zero attached hydrogens (tertiary/aromatic N) is 2. The van der Waals surface area contributed by atoms with Crippen LogP contribution >= 0.6 is 24.0 Å². The number of hydrogen-bond donors (Lipinski definition) is 2. The van der Waals surface area contributed by atoms with Crippen molar-refractivity contribution in [2.45, 2.75) is 32.2 Å². The van der Waals surface area contributed by atoms with Crippen molar-refractivity contribution in [3.05, 3.63) is 0 Å². The summed E-state index contributed by atoms with van der Waals surface area (Å²) < 4.78 is 0. The highest BCUT2D eigenvalue weighted by Crippen LogP contribution is 2.28. The van der Waals surface area contributed by atoms with E-state index in [9.17, 15) is 0 Å². The average Bonchev–Trinajstić information content (AvgIpc) is 3.02. The van der Waals surface area contributed by atoms with E-state index in [0.717, 1.165) is 24.3 Å². The van der Waals surface area contributed by atoms with E-state index >= 15 is 0 Å². The lowest BCUT2D eigenvalue weighted by Gasteiger charge is -2.29. The minimum Gasteiger partial charge on any atom is -0.356 e. The number of likely N-dealkylation sites (tertiary alicyclic amines) is 1. The van der Waals surface area contributed by atoms with Crippen LogP contribution in [0.3, 0.4) is 0 Å². The van der Waals surface area contributed by atoms with Gasteiger partial charge in [0.25, 0.3) is 0 Å². The smallest absolute Gasteiger partial charge is 0.191 e. The van der Waals surface area contributed by atoms with E-state index < -0.39 is 0 Å². The van der Waals surface area contributed by atoms with Gasteiger partial charge in [0.05, 0.1) is 0 Å². The van der Waals surface area contributed by atoms with Crippen molar-refractivity contribution in [2.75, 3.05) is 33.7 Å². The maximum absolute atomic E-state index is 4.29. The number of nitrogens with one attached hydrogen (secondary N) is 2. The second-order valence-corrected chi connectivity index (χ2v) is 5.66. The fraction of sp³-hybridized carbons (Fsp3) is 0.923. The van der Waals surface area contributed by atoms with E-state index in [-0.39, 0.29) is 24.0 Å². The molecule has 0 aromatic carbocycles. The Morgan fingerprint density at radius 3 is 2.44 bits per heavy atom. The lowest BCUT2D eigenvalue weighted by Crippen LogP contribution is -2.43. The van der Waals surface area contributed by atoms with Crippen LogP contribution in [-0.2, 0) is 0 Å². The summed E-state index contributed by atoms with van der Waals surface area (Å²) in [6.07, 6.45) is 3.90. The van der Waals surface area contributed by atoms with E-state index in [1.54, 1.807) is 0 Å². The molecule has 1 aliphatic heterocycles. The van der Waals surface area contributed by atoms with Gasteiger partial charge in [-0.25, -0.2) is 0 Å². The van der Waals surface area contributed by atoms with Crippen molar-refractivity contribution in [3.8, 4) is 0 Å². The molecule has 2 atom stereocenters. The van der Waals surface area contributed by atoms with Gasteiger partial charge >= 0.3 is 0 Å². The van der Waals surface area contributed by atoms with Gasteiger partial charge in [-0.05, 0) is 51.2 Å². The summed E-state index contributed by atoms with van der Waals surface area (Å²) in [5.74, 6) is 2.61. The van der Waals surface area contributed by atoms with Gasteiger partial charge in [0.1, 0.15) is 0 Å². The van der Waals surface area contributed by atoms with E-state index in [2.05, 4.69) is 34.5 Å². The second-order valence-electron chi connectivity index (χ2n) is 5.66. The lowest BCUT2D eigenvalue weighted by atomic mass is 9.97. The SMILES string of the molecule is CN=C(NCC1CCN(C)CC1)NC1CC1C.I. The van der Waals surface area contributed by atoms with Crippen LogP contribution < -0.4 is 10.6 Å². The average molecular weight is 366 g/mol. The molecule has 2 aliphatic rings. The Hall–Kier alpha value is -0.0400. The summed E-state index contributed by atoms with van der Waals surface area (Å²) in [5, 5.41) is 6.93. The molecule has 0 spiro atoms. The van der Waals surface area contributed by atoms with Crippen molar-refractivity contribution >= 4 is 29.9 Å². The van der Waals surface area contributed by atoms with Gasteiger partial charge < -0.3 is 15.5 Å². The van der Waals surface area contributed by atoms with Gasteiger partial charge in [-0.2, -0.15) is 0 Å². The Morgan fingerprint density at radius 2 is 1.94 bits per heavy atom. The Kier molecular flexibility index (Phi) is 6.70.